The van der Waals surface area contributed by atoms with Gasteiger partial charge in [-0.25, -0.2) is 4.98 Å². The number of aryl methyl sites for hydroxylation is 1. The Morgan fingerprint density at radius 1 is 1.10 bits per heavy atom. The summed E-state index contributed by atoms with van der Waals surface area (Å²) in [5, 5.41) is 9.40. The lowest BCUT2D eigenvalue weighted by atomic mass is 10.0. The summed E-state index contributed by atoms with van der Waals surface area (Å²) in [6.45, 7) is 4.03. The van der Waals surface area contributed by atoms with E-state index in [1.54, 1.807) is 30.3 Å². The summed E-state index contributed by atoms with van der Waals surface area (Å²) in [7, 11) is 0. The summed E-state index contributed by atoms with van der Waals surface area (Å²) < 4.78 is 5.97. The van der Waals surface area contributed by atoms with Crippen molar-refractivity contribution < 1.29 is 19.1 Å². The lowest BCUT2D eigenvalue weighted by molar-refractivity contribution is -0.136. The Kier molecular flexibility index (Phi) is 6.49. The normalized spacial score (nSPS) is 11.0. The van der Waals surface area contributed by atoms with Crippen LogP contribution in [0.3, 0.4) is 0 Å². The molecule has 2 aromatic carbocycles. The molecule has 0 aliphatic heterocycles. The Bertz CT molecular complexity index is 1020. The third-order valence-electron chi connectivity index (χ3n) is 4.58. The molecule has 1 heterocycles. The van der Waals surface area contributed by atoms with Gasteiger partial charge in [0.25, 0.3) is 0 Å². The van der Waals surface area contributed by atoms with Crippen LogP contribution < -0.4 is 0 Å². The number of hydrogen-bond acceptors (Lipinski definition) is 4. The van der Waals surface area contributed by atoms with E-state index < -0.39 is 5.97 Å². The first-order chi connectivity index (χ1) is 13.8. The molecular formula is C23H22ClNO4. The second-order valence-corrected chi connectivity index (χ2v) is 7.56. The third-order valence-corrected chi connectivity index (χ3v) is 4.91. The third kappa shape index (κ3) is 5.12. The van der Waals surface area contributed by atoms with Crippen molar-refractivity contribution in [2.45, 2.75) is 39.0 Å². The van der Waals surface area contributed by atoms with Gasteiger partial charge in [-0.1, -0.05) is 61.8 Å². The van der Waals surface area contributed by atoms with Gasteiger partial charge in [0.1, 0.15) is 5.76 Å². The number of ketones is 1. The highest BCUT2D eigenvalue weighted by Crippen LogP contribution is 2.31. The molecule has 0 bridgehead atoms. The molecule has 0 fully saturated rings. The predicted octanol–water partition coefficient (Wildman–Crippen LogP) is 5.56. The minimum atomic E-state index is -0.898. The number of nitrogens with zero attached hydrogens (tertiary/aromatic N) is 1. The van der Waals surface area contributed by atoms with Crippen molar-refractivity contribution in [1.29, 1.82) is 0 Å². The standard InChI is InChI=1S/C23H22ClNO4/c1-14(2)22-19(25-23(29-22)17-5-3-4-6-18(17)24)11-12-20(26)16-9-7-15(8-10-16)13-21(27)28/h3-10,14H,11-13H2,1-2H3,(H,27,28). The number of carbonyl (C=O) groups is 2. The van der Waals surface area contributed by atoms with E-state index in [9.17, 15) is 9.59 Å². The van der Waals surface area contributed by atoms with E-state index in [1.807, 2.05) is 32.0 Å². The largest absolute Gasteiger partial charge is 0.481 e. The molecule has 5 nitrogen and oxygen atoms in total. The lowest BCUT2D eigenvalue weighted by Crippen LogP contribution is -2.04. The molecule has 0 aliphatic carbocycles. The fourth-order valence-electron chi connectivity index (χ4n) is 3.10. The number of Topliss-reactive ketones (excluding diaryl/α,β-unsaturated/α-hetero) is 1. The van der Waals surface area contributed by atoms with Gasteiger partial charge in [0, 0.05) is 24.3 Å². The van der Waals surface area contributed by atoms with Crippen LogP contribution in [0.1, 0.15) is 53.6 Å². The van der Waals surface area contributed by atoms with Gasteiger partial charge in [0.15, 0.2) is 5.78 Å². The van der Waals surface area contributed by atoms with Crippen LogP contribution in [0.5, 0.6) is 0 Å². The number of halogens is 1. The van der Waals surface area contributed by atoms with Gasteiger partial charge in [-0.2, -0.15) is 0 Å². The van der Waals surface area contributed by atoms with E-state index in [0.29, 0.717) is 28.5 Å². The zero-order valence-corrected chi connectivity index (χ0v) is 17.1. The Balaban J connectivity index is 1.75. The molecule has 0 saturated heterocycles. The highest BCUT2D eigenvalue weighted by Gasteiger charge is 2.19. The smallest absolute Gasteiger partial charge is 0.307 e. The van der Waals surface area contributed by atoms with Crippen LogP contribution in [-0.2, 0) is 17.6 Å². The van der Waals surface area contributed by atoms with E-state index in [-0.39, 0.29) is 24.5 Å². The van der Waals surface area contributed by atoms with E-state index >= 15 is 0 Å². The maximum Gasteiger partial charge on any atom is 0.307 e. The average Bonchev–Trinajstić information content (AvgIpc) is 3.11. The Hall–Kier alpha value is -2.92. The molecule has 0 aliphatic rings. The molecule has 0 saturated carbocycles. The van der Waals surface area contributed by atoms with Crippen molar-refractivity contribution >= 4 is 23.4 Å². The monoisotopic (exact) mass is 411 g/mol. The summed E-state index contributed by atoms with van der Waals surface area (Å²) in [5.41, 5.74) is 2.70. The van der Waals surface area contributed by atoms with Gasteiger partial charge in [0.05, 0.1) is 22.7 Å². The Morgan fingerprint density at radius 3 is 2.41 bits per heavy atom. The van der Waals surface area contributed by atoms with Crippen LogP contribution in [0.25, 0.3) is 11.5 Å². The number of carboxylic acid groups (broad SMARTS) is 1. The SMILES string of the molecule is CC(C)c1oc(-c2ccccc2Cl)nc1CCC(=O)c1ccc(CC(=O)O)cc1. The molecule has 0 radical (unpaired) electrons. The van der Waals surface area contributed by atoms with Gasteiger partial charge >= 0.3 is 5.97 Å². The molecule has 1 N–H and O–H groups in total. The second kappa shape index (κ2) is 9.05. The minimum absolute atomic E-state index is 0.0242. The topological polar surface area (TPSA) is 80.4 Å². The zero-order valence-electron chi connectivity index (χ0n) is 16.3. The van der Waals surface area contributed by atoms with Crippen molar-refractivity contribution in [3.8, 4) is 11.5 Å². The number of rotatable bonds is 8. The number of carboxylic acids is 1. The average molecular weight is 412 g/mol. The molecule has 0 atom stereocenters. The van der Waals surface area contributed by atoms with Gasteiger partial charge in [-0.3, -0.25) is 9.59 Å². The van der Waals surface area contributed by atoms with E-state index in [4.69, 9.17) is 21.1 Å². The molecule has 1 aromatic heterocycles. The molecule has 3 rings (SSSR count). The molecule has 0 amide bonds. The van der Waals surface area contributed by atoms with Crippen LogP contribution in [0, 0.1) is 0 Å². The van der Waals surface area contributed by atoms with Gasteiger partial charge in [0.2, 0.25) is 5.89 Å². The Morgan fingerprint density at radius 2 is 1.79 bits per heavy atom. The number of hydrogen-bond donors (Lipinski definition) is 1. The maximum atomic E-state index is 12.6. The van der Waals surface area contributed by atoms with E-state index in [2.05, 4.69) is 4.98 Å². The van der Waals surface area contributed by atoms with E-state index in [0.717, 1.165) is 17.0 Å². The molecule has 0 unspecified atom stereocenters. The number of aliphatic carboxylic acids is 1. The summed E-state index contributed by atoms with van der Waals surface area (Å²) in [6, 6.07) is 14.0. The van der Waals surface area contributed by atoms with Gasteiger partial charge in [-0.15, -0.1) is 0 Å². The fourth-order valence-corrected chi connectivity index (χ4v) is 3.32. The molecular weight excluding hydrogens is 390 g/mol. The first-order valence-corrected chi connectivity index (χ1v) is 9.81. The van der Waals surface area contributed by atoms with Crippen LogP contribution in [0.4, 0.5) is 0 Å². The number of aromatic nitrogens is 1. The zero-order chi connectivity index (χ0) is 21.0. The van der Waals surface area contributed by atoms with Crippen molar-refractivity contribution in [1.82, 2.24) is 4.98 Å². The first kappa shape index (κ1) is 20.8. The summed E-state index contributed by atoms with van der Waals surface area (Å²) >= 11 is 6.26. The van der Waals surface area contributed by atoms with Crippen LogP contribution in [-0.4, -0.2) is 21.8 Å². The van der Waals surface area contributed by atoms with Gasteiger partial charge in [-0.05, 0) is 17.7 Å². The molecule has 3 aromatic rings. The molecule has 29 heavy (non-hydrogen) atoms. The van der Waals surface area contributed by atoms with E-state index in [1.165, 1.54) is 0 Å². The highest BCUT2D eigenvalue weighted by molar-refractivity contribution is 6.33. The molecule has 0 spiro atoms. The van der Waals surface area contributed by atoms with Crippen molar-refractivity contribution in [2.24, 2.45) is 0 Å². The maximum absolute atomic E-state index is 12.6. The first-order valence-electron chi connectivity index (χ1n) is 9.43. The summed E-state index contributed by atoms with van der Waals surface area (Å²) in [4.78, 5) is 27.9. The van der Waals surface area contributed by atoms with Gasteiger partial charge < -0.3 is 9.52 Å². The number of carbonyl (C=O) groups excluding carboxylic acids is 1. The van der Waals surface area contributed by atoms with Crippen LogP contribution >= 0.6 is 11.6 Å². The van der Waals surface area contributed by atoms with Crippen LogP contribution in [0.2, 0.25) is 5.02 Å². The quantitative estimate of drug-likeness (QED) is 0.490. The molecule has 6 heteroatoms. The van der Waals surface area contributed by atoms with Crippen molar-refractivity contribution in [2.75, 3.05) is 0 Å². The highest BCUT2D eigenvalue weighted by atomic mass is 35.5. The van der Waals surface area contributed by atoms with Crippen LogP contribution in [0.15, 0.2) is 52.9 Å². The fraction of sp³-hybridized carbons (Fsp3) is 0.261. The van der Waals surface area contributed by atoms with Crippen molar-refractivity contribution in [3.63, 3.8) is 0 Å². The summed E-state index contributed by atoms with van der Waals surface area (Å²) in [6.07, 6.45) is 0.680. The number of oxazole rings is 1. The Labute approximate surface area is 174 Å². The minimum Gasteiger partial charge on any atom is -0.481 e. The van der Waals surface area contributed by atoms with Crippen molar-refractivity contribution in [3.05, 3.63) is 76.1 Å². The number of benzene rings is 2. The molecule has 150 valence electrons. The summed E-state index contributed by atoms with van der Waals surface area (Å²) in [5.74, 6) is 0.415. The predicted molar refractivity (Wildman–Crippen MR) is 111 cm³/mol. The second-order valence-electron chi connectivity index (χ2n) is 7.16. The lowest BCUT2D eigenvalue weighted by Gasteiger charge is -2.04.